The van der Waals surface area contributed by atoms with Crippen LogP contribution in [0.3, 0.4) is 0 Å². The molecule has 0 aliphatic carbocycles. The molecule has 6 amide bonds. The van der Waals surface area contributed by atoms with Gasteiger partial charge >= 0.3 is 5.69 Å². The number of nitrogens with zero attached hydrogens (tertiary/aromatic N) is 3. The van der Waals surface area contributed by atoms with E-state index in [9.17, 15) is 42.0 Å². The first-order chi connectivity index (χ1) is 30.0. The molecule has 64 heavy (non-hydrogen) atoms. The summed E-state index contributed by atoms with van der Waals surface area (Å²) in [6, 6.07) is 12.0. The Morgan fingerprint density at radius 1 is 0.906 bits per heavy atom. The fourth-order valence-corrected chi connectivity index (χ4v) is 9.36. The van der Waals surface area contributed by atoms with Crippen molar-refractivity contribution >= 4 is 80.1 Å². The molecule has 2 unspecified atom stereocenters. The quantitative estimate of drug-likeness (QED) is 0.0654. The number of imidazole rings is 1. The number of piperidine rings is 1. The molecule has 3 aliphatic rings. The van der Waals surface area contributed by atoms with Gasteiger partial charge in [-0.25, -0.2) is 13.2 Å². The van der Waals surface area contributed by atoms with Crippen LogP contribution in [0.1, 0.15) is 79.7 Å². The fraction of sp³-hybridized carbons (Fsp3) is 0.432. The average molecular weight is 920 g/mol. The summed E-state index contributed by atoms with van der Waals surface area (Å²) in [6.45, 7) is 0.721. The van der Waals surface area contributed by atoms with Gasteiger partial charge in [-0.2, -0.15) is 0 Å². The minimum Gasteiger partial charge on any atom is -0.385 e. The van der Waals surface area contributed by atoms with Gasteiger partial charge in [0.05, 0.1) is 27.7 Å². The van der Waals surface area contributed by atoms with Crippen LogP contribution in [-0.2, 0) is 71.5 Å². The average Bonchev–Trinajstić information content (AvgIpc) is 3.71. The topological polar surface area (TPSA) is 267 Å². The Kier molecular flexibility index (Phi) is 14.7. The van der Waals surface area contributed by atoms with Crippen LogP contribution in [0, 0.1) is 0 Å². The summed E-state index contributed by atoms with van der Waals surface area (Å²) < 4.78 is 26.6. The van der Waals surface area contributed by atoms with Gasteiger partial charge < -0.3 is 27.4 Å². The molecule has 342 valence electrons. The number of carbonyl (C=O) groups excluding carboxylic acids is 6. The Hall–Kier alpha value is -6.05. The van der Waals surface area contributed by atoms with Gasteiger partial charge in [0.2, 0.25) is 35.4 Å². The van der Waals surface area contributed by atoms with Crippen molar-refractivity contribution in [1.29, 1.82) is 0 Å². The molecule has 4 aromatic rings. The lowest BCUT2D eigenvalue weighted by Crippen LogP contribution is -2.56. The number of aromatic nitrogens is 2. The molecule has 0 radical (unpaired) electrons. The number of sulfone groups is 1. The van der Waals surface area contributed by atoms with Gasteiger partial charge in [-0.05, 0) is 97.5 Å². The number of halogens is 1. The van der Waals surface area contributed by atoms with E-state index in [1.165, 1.54) is 26.2 Å². The number of primary amides is 1. The first-order valence-corrected chi connectivity index (χ1v) is 23.1. The zero-order valence-electron chi connectivity index (χ0n) is 35.7. The highest BCUT2D eigenvalue weighted by Gasteiger charge is 2.44. The Morgan fingerprint density at radius 2 is 1.64 bits per heavy atom. The van der Waals surface area contributed by atoms with E-state index in [1.807, 2.05) is 24.3 Å². The number of rotatable bonds is 17. The maximum atomic E-state index is 14.0. The number of anilines is 2. The third-order valence-electron chi connectivity index (χ3n) is 12.1. The standard InChI is InChI=1S/C44H53N9O9S.ClH/c1-51-35-23-29(10-15-33(35)52(44(51)60)34-16-18-38(55)50-41(34)57)47-19-5-3-4-6-26-20-27-9-13-31(45)43(59)53-36(22-28(21-26)39(27)53)42(58)49-32(14-17-37(46)54)40(56)48-24-25-7-11-30(12-8-25)63(2,61)62;/h7-8,10-12,15,20-21,23,31-32,34,36,47H,3-6,9,13-14,16-19,22,24,45H2,1-2H3,(H2,46,54)(H,48,56)(H,49,58)(H,50,55,57);1H/t31-,32?,34?,36-;/m0./s1. The van der Waals surface area contributed by atoms with E-state index in [0.29, 0.717) is 41.7 Å². The van der Waals surface area contributed by atoms with E-state index in [0.717, 1.165) is 54.3 Å². The number of unbranched alkanes of at least 4 members (excludes halogenated alkanes) is 2. The molecule has 0 spiro atoms. The largest absolute Gasteiger partial charge is 0.385 e. The van der Waals surface area contributed by atoms with Crippen LogP contribution in [-0.4, -0.2) is 83.9 Å². The van der Waals surface area contributed by atoms with E-state index in [-0.39, 0.29) is 73.5 Å². The van der Waals surface area contributed by atoms with Gasteiger partial charge in [0.15, 0.2) is 9.84 Å². The van der Waals surface area contributed by atoms with Crippen LogP contribution in [0.2, 0.25) is 0 Å². The molecule has 0 bridgehead atoms. The number of aryl methyl sites for hydroxylation is 3. The monoisotopic (exact) mass is 919 g/mol. The van der Waals surface area contributed by atoms with Gasteiger partial charge in [0, 0.05) is 51.3 Å². The Morgan fingerprint density at radius 3 is 2.34 bits per heavy atom. The summed E-state index contributed by atoms with van der Waals surface area (Å²) in [5.74, 6) is -2.98. The van der Waals surface area contributed by atoms with Crippen molar-refractivity contribution < 1.29 is 37.2 Å². The molecule has 20 heteroatoms. The Balaban J connectivity index is 0.00000680. The van der Waals surface area contributed by atoms with Gasteiger partial charge in [0.25, 0.3) is 0 Å². The SMILES string of the molecule is Cl.Cn1c(=O)n(C2CCC(=O)NC2=O)c2ccc(NCCCCCc3cc4c5c(c3)C[C@@H](C(=O)NC(CCC(N)=O)C(=O)NCc3ccc(S(C)(=O)=O)cc3)N5C(=O)[C@@H](N)CC4)cc21. The molecule has 7 rings (SSSR count). The van der Waals surface area contributed by atoms with Gasteiger partial charge in [-0.3, -0.25) is 48.1 Å². The number of fused-ring (bicyclic) bond motifs is 1. The van der Waals surface area contributed by atoms with E-state index in [1.54, 1.807) is 19.2 Å². The molecule has 3 aliphatic heterocycles. The first-order valence-electron chi connectivity index (χ1n) is 21.2. The normalized spacial score (nSPS) is 18.7. The molecular weight excluding hydrogens is 866 g/mol. The minimum atomic E-state index is -3.40. The van der Waals surface area contributed by atoms with Gasteiger partial charge in [0.1, 0.15) is 18.1 Å². The van der Waals surface area contributed by atoms with Crippen molar-refractivity contribution in [3.63, 3.8) is 0 Å². The number of benzene rings is 3. The number of imide groups is 1. The van der Waals surface area contributed by atoms with Crippen molar-refractivity contribution in [1.82, 2.24) is 25.1 Å². The number of hydrogen-bond donors (Lipinski definition) is 6. The molecule has 4 heterocycles. The Bertz CT molecular complexity index is 2660. The second-order valence-corrected chi connectivity index (χ2v) is 18.7. The molecule has 18 nitrogen and oxygen atoms in total. The van der Waals surface area contributed by atoms with Crippen molar-refractivity contribution in [2.75, 3.05) is 23.0 Å². The summed E-state index contributed by atoms with van der Waals surface area (Å²) in [6.07, 6.45) is 5.89. The molecule has 4 atom stereocenters. The predicted molar refractivity (Wildman–Crippen MR) is 241 cm³/mol. The van der Waals surface area contributed by atoms with Crippen LogP contribution >= 0.6 is 12.4 Å². The summed E-state index contributed by atoms with van der Waals surface area (Å²) in [5, 5.41) is 11.3. The minimum absolute atomic E-state index is 0. The highest BCUT2D eigenvalue weighted by Crippen LogP contribution is 2.40. The summed E-state index contributed by atoms with van der Waals surface area (Å²) in [5.41, 5.74) is 17.7. The highest BCUT2D eigenvalue weighted by atomic mass is 35.5. The molecule has 1 fully saturated rings. The number of nitrogens with one attached hydrogen (secondary N) is 4. The zero-order valence-corrected chi connectivity index (χ0v) is 37.3. The molecular formula is C44H54ClN9O9S. The van der Waals surface area contributed by atoms with Gasteiger partial charge in [-0.1, -0.05) is 30.7 Å². The van der Waals surface area contributed by atoms with Crippen molar-refractivity contribution in [3.05, 3.63) is 87.3 Å². The molecule has 1 saturated heterocycles. The zero-order chi connectivity index (χ0) is 45.2. The Labute approximate surface area is 376 Å². The van der Waals surface area contributed by atoms with E-state index in [4.69, 9.17) is 11.5 Å². The van der Waals surface area contributed by atoms with E-state index >= 15 is 0 Å². The van der Waals surface area contributed by atoms with Crippen molar-refractivity contribution in [2.45, 2.75) is 106 Å². The summed E-state index contributed by atoms with van der Waals surface area (Å²) >= 11 is 0. The number of amides is 6. The first kappa shape index (κ1) is 47.4. The predicted octanol–water partition coefficient (Wildman–Crippen LogP) is 1.57. The van der Waals surface area contributed by atoms with Crippen LogP contribution in [0.15, 0.2) is 64.3 Å². The third kappa shape index (κ3) is 10.3. The van der Waals surface area contributed by atoms with Crippen LogP contribution in [0.25, 0.3) is 11.0 Å². The van der Waals surface area contributed by atoms with Gasteiger partial charge in [-0.15, -0.1) is 12.4 Å². The molecule has 8 N–H and O–H groups in total. The third-order valence-corrected chi connectivity index (χ3v) is 13.2. The lowest BCUT2D eigenvalue weighted by Gasteiger charge is -2.28. The van der Waals surface area contributed by atoms with Crippen LogP contribution in [0.4, 0.5) is 11.4 Å². The fourth-order valence-electron chi connectivity index (χ4n) is 8.73. The van der Waals surface area contributed by atoms with Crippen LogP contribution in [0.5, 0.6) is 0 Å². The summed E-state index contributed by atoms with van der Waals surface area (Å²) in [7, 11) is -1.74. The smallest absolute Gasteiger partial charge is 0.329 e. The highest BCUT2D eigenvalue weighted by molar-refractivity contribution is 7.90. The number of nitrogens with two attached hydrogens (primary N) is 2. The lowest BCUT2D eigenvalue weighted by molar-refractivity contribution is -0.136. The maximum Gasteiger partial charge on any atom is 0.329 e. The van der Waals surface area contributed by atoms with Crippen molar-refractivity contribution in [3.8, 4) is 0 Å². The van der Waals surface area contributed by atoms with E-state index < -0.39 is 57.6 Å². The maximum absolute atomic E-state index is 14.0. The second-order valence-electron chi connectivity index (χ2n) is 16.7. The molecule has 0 saturated carbocycles. The summed E-state index contributed by atoms with van der Waals surface area (Å²) in [4.78, 5) is 91.9. The van der Waals surface area contributed by atoms with Crippen molar-refractivity contribution in [2.24, 2.45) is 18.5 Å². The lowest BCUT2D eigenvalue weighted by atomic mass is 9.96. The number of carbonyl (C=O) groups is 6. The van der Waals surface area contributed by atoms with E-state index in [2.05, 4.69) is 27.3 Å². The van der Waals surface area contributed by atoms with Crippen LogP contribution < -0.4 is 43.3 Å². The number of hydrogen-bond acceptors (Lipinski definition) is 11. The molecule has 1 aromatic heterocycles. The molecule has 3 aromatic carbocycles. The second kappa shape index (κ2) is 19.8.